The molecule has 0 aromatic heterocycles. The molecule has 1 aliphatic rings. The number of anilines is 1. The van der Waals surface area contributed by atoms with Crippen molar-refractivity contribution in [1.82, 2.24) is 4.90 Å². The Labute approximate surface area is 119 Å². The minimum atomic E-state index is -0.550. The molecular formula is C13H15BrN2O3. The summed E-state index contributed by atoms with van der Waals surface area (Å²) in [4.78, 5) is 25.1. The summed E-state index contributed by atoms with van der Waals surface area (Å²) >= 11 is 3.25. The van der Waals surface area contributed by atoms with Gasteiger partial charge in [-0.15, -0.1) is 0 Å². The van der Waals surface area contributed by atoms with Gasteiger partial charge in [-0.2, -0.15) is 0 Å². The molecule has 2 N–H and O–H groups in total. The van der Waals surface area contributed by atoms with Gasteiger partial charge in [0.1, 0.15) is 0 Å². The first-order valence-corrected chi connectivity index (χ1v) is 6.75. The zero-order valence-corrected chi connectivity index (χ0v) is 12.1. The van der Waals surface area contributed by atoms with Crippen LogP contribution in [0.1, 0.15) is 23.2 Å². The number of benzene rings is 1. The third kappa shape index (κ3) is 3.70. The molecule has 0 aliphatic heterocycles. The largest absolute Gasteiger partial charge is 0.452 e. The van der Waals surface area contributed by atoms with Crippen molar-refractivity contribution < 1.29 is 14.3 Å². The van der Waals surface area contributed by atoms with Crippen LogP contribution < -0.4 is 5.73 Å². The lowest BCUT2D eigenvalue weighted by Gasteiger charge is -2.16. The second-order valence-electron chi connectivity index (χ2n) is 4.59. The van der Waals surface area contributed by atoms with E-state index in [1.54, 1.807) is 24.1 Å². The molecule has 0 bridgehead atoms. The second-order valence-corrected chi connectivity index (χ2v) is 5.50. The number of nitrogen functional groups attached to an aromatic ring is 1. The maximum atomic E-state index is 11.8. The molecule has 1 aromatic carbocycles. The van der Waals surface area contributed by atoms with Gasteiger partial charge in [0.25, 0.3) is 5.91 Å². The Kier molecular flexibility index (Phi) is 4.09. The maximum absolute atomic E-state index is 11.8. The van der Waals surface area contributed by atoms with Crippen molar-refractivity contribution in [2.75, 3.05) is 19.4 Å². The molecule has 1 fully saturated rings. The Morgan fingerprint density at radius 3 is 2.68 bits per heavy atom. The van der Waals surface area contributed by atoms with E-state index >= 15 is 0 Å². The predicted molar refractivity (Wildman–Crippen MR) is 74.6 cm³/mol. The Morgan fingerprint density at radius 1 is 1.42 bits per heavy atom. The molecule has 5 nitrogen and oxygen atoms in total. The van der Waals surface area contributed by atoms with Crippen LogP contribution in [0.15, 0.2) is 22.7 Å². The van der Waals surface area contributed by atoms with Crippen molar-refractivity contribution in [3.05, 3.63) is 28.2 Å². The molecule has 0 atom stereocenters. The van der Waals surface area contributed by atoms with Crippen LogP contribution in [0, 0.1) is 0 Å². The van der Waals surface area contributed by atoms with Gasteiger partial charge in [0, 0.05) is 23.2 Å². The predicted octanol–water partition coefficient (Wildman–Crippen LogP) is 1.81. The van der Waals surface area contributed by atoms with E-state index in [1.807, 2.05) is 0 Å². The van der Waals surface area contributed by atoms with Crippen molar-refractivity contribution in [2.24, 2.45) is 0 Å². The van der Waals surface area contributed by atoms with E-state index in [4.69, 9.17) is 10.5 Å². The molecule has 19 heavy (non-hydrogen) atoms. The average molecular weight is 327 g/mol. The quantitative estimate of drug-likeness (QED) is 0.676. The molecule has 6 heteroatoms. The third-order valence-corrected chi connectivity index (χ3v) is 3.43. The minimum absolute atomic E-state index is 0.182. The fourth-order valence-corrected chi connectivity index (χ4v) is 2.22. The smallest absolute Gasteiger partial charge is 0.338 e. The number of hydrogen-bond donors (Lipinski definition) is 1. The van der Waals surface area contributed by atoms with Gasteiger partial charge in [-0.1, -0.05) is 15.9 Å². The molecule has 0 radical (unpaired) electrons. The molecule has 1 aromatic rings. The number of nitrogens with zero attached hydrogens (tertiary/aromatic N) is 1. The maximum Gasteiger partial charge on any atom is 0.338 e. The van der Waals surface area contributed by atoms with E-state index in [9.17, 15) is 9.59 Å². The lowest BCUT2D eigenvalue weighted by molar-refractivity contribution is -0.133. The molecule has 0 spiro atoms. The van der Waals surface area contributed by atoms with E-state index < -0.39 is 5.97 Å². The summed E-state index contributed by atoms with van der Waals surface area (Å²) in [7, 11) is 1.73. The zero-order chi connectivity index (χ0) is 14.0. The van der Waals surface area contributed by atoms with Crippen LogP contribution in [0.2, 0.25) is 0 Å². The van der Waals surface area contributed by atoms with Gasteiger partial charge < -0.3 is 15.4 Å². The number of ether oxygens (including phenoxy) is 1. The van der Waals surface area contributed by atoms with Crippen LogP contribution in [-0.2, 0) is 9.53 Å². The molecule has 1 amide bonds. The van der Waals surface area contributed by atoms with Crippen molar-refractivity contribution in [3.63, 3.8) is 0 Å². The highest BCUT2D eigenvalue weighted by Crippen LogP contribution is 2.25. The lowest BCUT2D eigenvalue weighted by Crippen LogP contribution is -2.32. The summed E-state index contributed by atoms with van der Waals surface area (Å²) in [5, 5.41) is 0. The summed E-state index contributed by atoms with van der Waals surface area (Å²) in [5.74, 6) is -0.732. The second kappa shape index (κ2) is 5.61. The van der Waals surface area contributed by atoms with Gasteiger partial charge in [0.2, 0.25) is 0 Å². The van der Waals surface area contributed by atoms with E-state index in [2.05, 4.69) is 15.9 Å². The first kappa shape index (κ1) is 13.9. The number of likely N-dealkylation sites (N-methyl/N-ethyl adjacent to an activating group) is 1. The molecule has 2 rings (SSSR count). The summed E-state index contributed by atoms with van der Waals surface area (Å²) in [6.07, 6.45) is 2.05. The number of amides is 1. The van der Waals surface area contributed by atoms with Crippen LogP contribution in [0.5, 0.6) is 0 Å². The average Bonchev–Trinajstić information content (AvgIpc) is 3.17. The van der Waals surface area contributed by atoms with Gasteiger partial charge in [0.15, 0.2) is 6.61 Å². The normalized spacial score (nSPS) is 14.0. The highest BCUT2D eigenvalue weighted by atomic mass is 79.9. The number of hydrogen-bond acceptors (Lipinski definition) is 4. The van der Waals surface area contributed by atoms with Gasteiger partial charge in [-0.25, -0.2) is 4.79 Å². The SMILES string of the molecule is CN(C(=O)COC(=O)c1cc(N)cc(Br)c1)C1CC1. The van der Waals surface area contributed by atoms with Crippen LogP contribution in [-0.4, -0.2) is 36.5 Å². The Morgan fingerprint density at radius 2 is 2.11 bits per heavy atom. The number of esters is 1. The van der Waals surface area contributed by atoms with Crippen LogP contribution in [0.4, 0.5) is 5.69 Å². The molecule has 1 saturated carbocycles. The van der Waals surface area contributed by atoms with Crippen LogP contribution in [0.25, 0.3) is 0 Å². The Balaban J connectivity index is 1.91. The van der Waals surface area contributed by atoms with E-state index in [-0.39, 0.29) is 12.5 Å². The highest BCUT2D eigenvalue weighted by Gasteiger charge is 2.29. The van der Waals surface area contributed by atoms with Crippen molar-refractivity contribution >= 4 is 33.5 Å². The molecule has 1 aliphatic carbocycles. The van der Waals surface area contributed by atoms with Crippen molar-refractivity contribution in [3.8, 4) is 0 Å². The fraction of sp³-hybridized carbons (Fsp3) is 0.385. The fourth-order valence-electron chi connectivity index (χ4n) is 1.71. The molecule has 0 saturated heterocycles. The minimum Gasteiger partial charge on any atom is -0.452 e. The van der Waals surface area contributed by atoms with Gasteiger partial charge >= 0.3 is 5.97 Å². The van der Waals surface area contributed by atoms with E-state index in [0.29, 0.717) is 21.8 Å². The molecule has 0 heterocycles. The Bertz CT molecular complexity index is 494. The Hall–Kier alpha value is -1.56. The van der Waals surface area contributed by atoms with Crippen molar-refractivity contribution in [1.29, 1.82) is 0 Å². The topological polar surface area (TPSA) is 72.6 Å². The van der Waals surface area contributed by atoms with E-state index in [0.717, 1.165) is 12.8 Å². The summed E-state index contributed by atoms with van der Waals surface area (Å²) < 4.78 is 5.69. The van der Waals surface area contributed by atoms with Gasteiger partial charge in [-0.3, -0.25) is 4.79 Å². The number of carbonyl (C=O) groups excluding carboxylic acids is 2. The summed E-state index contributed by atoms with van der Waals surface area (Å²) in [6.45, 7) is -0.238. The highest BCUT2D eigenvalue weighted by molar-refractivity contribution is 9.10. The van der Waals surface area contributed by atoms with Gasteiger partial charge in [-0.05, 0) is 31.0 Å². The monoisotopic (exact) mass is 326 g/mol. The van der Waals surface area contributed by atoms with Crippen LogP contribution in [0.3, 0.4) is 0 Å². The molecule has 0 unspecified atom stereocenters. The molecule has 102 valence electrons. The number of carbonyl (C=O) groups is 2. The number of nitrogens with two attached hydrogens (primary N) is 1. The van der Waals surface area contributed by atoms with Gasteiger partial charge in [0.05, 0.1) is 5.56 Å². The standard InChI is InChI=1S/C13H15BrN2O3/c1-16(11-2-3-11)12(17)7-19-13(18)8-4-9(14)6-10(15)5-8/h4-6,11H,2-3,7,15H2,1H3. The van der Waals surface area contributed by atoms with Crippen LogP contribution >= 0.6 is 15.9 Å². The third-order valence-electron chi connectivity index (χ3n) is 2.97. The zero-order valence-electron chi connectivity index (χ0n) is 10.6. The summed E-state index contributed by atoms with van der Waals surface area (Å²) in [5.41, 5.74) is 6.42. The number of halogens is 1. The lowest BCUT2D eigenvalue weighted by atomic mass is 10.2. The van der Waals surface area contributed by atoms with Crippen molar-refractivity contribution in [2.45, 2.75) is 18.9 Å². The van der Waals surface area contributed by atoms with E-state index in [1.165, 1.54) is 6.07 Å². The first-order chi connectivity index (χ1) is 8.97. The first-order valence-electron chi connectivity index (χ1n) is 5.96. The number of rotatable bonds is 4. The molecular weight excluding hydrogens is 312 g/mol. The summed E-state index contributed by atoms with van der Waals surface area (Å²) in [6, 6.07) is 5.12.